The number of carbonyl (C=O) groups excluding carboxylic acids is 1. The van der Waals surface area contributed by atoms with E-state index < -0.39 is 0 Å². The molecular formula is C22H30N4OS. The average Bonchev–Trinajstić information content (AvgIpc) is 3.17. The molecule has 1 aromatic carbocycles. The highest BCUT2D eigenvalue weighted by Crippen LogP contribution is 2.44. The highest BCUT2D eigenvalue weighted by molar-refractivity contribution is 7.08. The molecule has 3 heterocycles. The van der Waals surface area contributed by atoms with Crippen LogP contribution in [0.4, 0.5) is 0 Å². The molecule has 6 heteroatoms. The molecule has 2 fully saturated rings. The van der Waals surface area contributed by atoms with Gasteiger partial charge in [-0.05, 0) is 61.2 Å². The van der Waals surface area contributed by atoms with Gasteiger partial charge in [-0.25, -0.2) is 0 Å². The predicted octanol–water partition coefficient (Wildman–Crippen LogP) is 3.83. The van der Waals surface area contributed by atoms with Crippen LogP contribution in [0, 0.1) is 5.41 Å². The third kappa shape index (κ3) is 3.98. The van der Waals surface area contributed by atoms with Gasteiger partial charge in [0.1, 0.15) is 4.88 Å². The Labute approximate surface area is 171 Å². The number of likely N-dealkylation sites (tertiary alicyclic amines) is 2. The summed E-state index contributed by atoms with van der Waals surface area (Å²) in [5.74, 6) is 0.723. The summed E-state index contributed by atoms with van der Waals surface area (Å²) in [6.07, 6.45) is 5.22. The Morgan fingerprint density at radius 1 is 1.25 bits per heavy atom. The molecule has 2 aromatic rings. The van der Waals surface area contributed by atoms with E-state index in [4.69, 9.17) is 0 Å². The van der Waals surface area contributed by atoms with Gasteiger partial charge >= 0.3 is 0 Å². The summed E-state index contributed by atoms with van der Waals surface area (Å²) in [5.41, 5.74) is 2.65. The number of aryl methyl sites for hydroxylation is 1. The molecule has 2 aliphatic rings. The molecule has 0 radical (unpaired) electrons. The number of nitrogens with zero attached hydrogens (tertiary/aromatic N) is 4. The molecule has 0 N–H and O–H groups in total. The van der Waals surface area contributed by atoms with E-state index in [-0.39, 0.29) is 5.91 Å². The summed E-state index contributed by atoms with van der Waals surface area (Å²) >= 11 is 1.26. The lowest BCUT2D eigenvalue weighted by atomic mass is 9.68. The third-order valence-corrected chi connectivity index (χ3v) is 7.19. The molecule has 1 unspecified atom stereocenters. The van der Waals surface area contributed by atoms with Crippen LogP contribution < -0.4 is 0 Å². The highest BCUT2D eigenvalue weighted by atomic mass is 32.1. The Morgan fingerprint density at radius 3 is 2.71 bits per heavy atom. The van der Waals surface area contributed by atoms with Crippen molar-refractivity contribution in [3.8, 4) is 0 Å². The van der Waals surface area contributed by atoms with E-state index in [1.165, 1.54) is 23.5 Å². The van der Waals surface area contributed by atoms with Crippen LogP contribution in [-0.2, 0) is 6.42 Å². The first-order valence-electron chi connectivity index (χ1n) is 10.4. The largest absolute Gasteiger partial charge is 0.338 e. The van der Waals surface area contributed by atoms with Crippen molar-refractivity contribution < 1.29 is 4.79 Å². The second-order valence-corrected chi connectivity index (χ2v) is 9.35. The molecular weight excluding hydrogens is 368 g/mol. The lowest BCUT2D eigenvalue weighted by Crippen LogP contribution is -2.51. The number of likely N-dealkylation sites (N-methyl/N-ethyl adjacent to an activating group) is 1. The molecule has 1 aromatic heterocycles. The Morgan fingerprint density at radius 2 is 2.00 bits per heavy atom. The number of rotatable bonds is 4. The zero-order chi connectivity index (χ0) is 19.6. The molecule has 5 nitrogen and oxygen atoms in total. The van der Waals surface area contributed by atoms with Crippen molar-refractivity contribution in [1.82, 2.24) is 19.4 Å². The van der Waals surface area contributed by atoms with E-state index in [0.717, 1.165) is 62.4 Å². The summed E-state index contributed by atoms with van der Waals surface area (Å²) in [7, 11) is 2.24. The molecule has 4 rings (SSSR count). The topological polar surface area (TPSA) is 49.3 Å². The lowest BCUT2D eigenvalue weighted by Gasteiger charge is -2.49. The number of aromatic nitrogens is 2. The van der Waals surface area contributed by atoms with E-state index in [1.807, 2.05) is 4.90 Å². The molecule has 0 aliphatic carbocycles. The average molecular weight is 399 g/mol. The molecule has 1 atom stereocenters. The second-order valence-electron chi connectivity index (χ2n) is 8.60. The fraction of sp³-hybridized carbons (Fsp3) is 0.591. The van der Waals surface area contributed by atoms with Gasteiger partial charge in [0.25, 0.3) is 5.91 Å². The van der Waals surface area contributed by atoms with Crippen LogP contribution in [0.1, 0.15) is 59.5 Å². The van der Waals surface area contributed by atoms with Crippen molar-refractivity contribution >= 4 is 17.4 Å². The monoisotopic (exact) mass is 398 g/mol. The van der Waals surface area contributed by atoms with Crippen molar-refractivity contribution in [3.63, 3.8) is 0 Å². The van der Waals surface area contributed by atoms with Crippen LogP contribution in [0.3, 0.4) is 0 Å². The quantitative estimate of drug-likeness (QED) is 0.785. The van der Waals surface area contributed by atoms with Crippen LogP contribution in [-0.4, -0.2) is 58.5 Å². The number of benzene rings is 1. The smallest absolute Gasteiger partial charge is 0.267 e. The van der Waals surface area contributed by atoms with Crippen LogP contribution >= 0.6 is 11.5 Å². The van der Waals surface area contributed by atoms with Gasteiger partial charge in [-0.3, -0.25) is 4.79 Å². The van der Waals surface area contributed by atoms with Gasteiger partial charge < -0.3 is 9.80 Å². The minimum atomic E-state index is 0.136. The van der Waals surface area contributed by atoms with Gasteiger partial charge in [0.2, 0.25) is 0 Å². The zero-order valence-corrected chi connectivity index (χ0v) is 17.7. The number of amides is 1. The molecule has 0 bridgehead atoms. The minimum Gasteiger partial charge on any atom is -0.338 e. The summed E-state index contributed by atoms with van der Waals surface area (Å²) in [6.45, 7) is 6.07. The van der Waals surface area contributed by atoms with Gasteiger partial charge in [-0.1, -0.05) is 48.2 Å². The third-order valence-electron chi connectivity index (χ3n) is 6.44. The van der Waals surface area contributed by atoms with Gasteiger partial charge in [-0.15, -0.1) is 5.10 Å². The summed E-state index contributed by atoms with van der Waals surface area (Å²) in [6, 6.07) is 10.9. The van der Waals surface area contributed by atoms with Crippen LogP contribution in [0.2, 0.25) is 0 Å². The molecule has 150 valence electrons. The second kappa shape index (κ2) is 8.29. The van der Waals surface area contributed by atoms with Crippen molar-refractivity contribution in [1.29, 1.82) is 0 Å². The maximum Gasteiger partial charge on any atom is 0.267 e. The van der Waals surface area contributed by atoms with E-state index in [1.54, 1.807) is 0 Å². The lowest BCUT2D eigenvalue weighted by molar-refractivity contribution is 0.0226. The SMILES string of the molecule is CCCc1nnsc1C(=O)N1CCC2(CC1)CC(c1ccccc1)CN(C)C2. The van der Waals surface area contributed by atoms with E-state index in [9.17, 15) is 4.79 Å². The molecule has 0 saturated carbocycles. The van der Waals surface area contributed by atoms with E-state index in [0.29, 0.717) is 11.3 Å². The Balaban J connectivity index is 1.44. The van der Waals surface area contributed by atoms with Crippen LogP contribution in [0.25, 0.3) is 0 Å². The standard InChI is InChI=1S/C22H30N4OS/c1-3-7-19-20(28-24-23-19)21(27)26-12-10-22(11-13-26)14-18(15-25(2)16-22)17-8-5-4-6-9-17/h4-6,8-9,18H,3,7,10-16H2,1-2H3. The van der Waals surface area contributed by atoms with Crippen molar-refractivity contribution in [2.75, 3.05) is 33.2 Å². The van der Waals surface area contributed by atoms with Gasteiger partial charge in [0.05, 0.1) is 5.69 Å². The number of carbonyl (C=O) groups is 1. The maximum absolute atomic E-state index is 13.0. The number of hydrogen-bond donors (Lipinski definition) is 0. The van der Waals surface area contributed by atoms with Crippen molar-refractivity contribution in [3.05, 3.63) is 46.5 Å². The summed E-state index contributed by atoms with van der Waals surface area (Å²) in [5, 5.41) is 4.17. The highest BCUT2D eigenvalue weighted by Gasteiger charge is 2.42. The van der Waals surface area contributed by atoms with Crippen molar-refractivity contribution in [2.24, 2.45) is 5.41 Å². The molecule has 1 amide bonds. The number of piperidine rings is 2. The Bertz CT molecular complexity index is 798. The Hall–Kier alpha value is -1.79. The number of hydrogen-bond acceptors (Lipinski definition) is 5. The molecule has 2 saturated heterocycles. The Kier molecular flexibility index (Phi) is 5.78. The summed E-state index contributed by atoms with van der Waals surface area (Å²) in [4.78, 5) is 18.3. The first-order chi connectivity index (χ1) is 13.6. The fourth-order valence-corrected chi connectivity index (χ4v) is 5.75. The van der Waals surface area contributed by atoms with Gasteiger partial charge in [0, 0.05) is 26.2 Å². The minimum absolute atomic E-state index is 0.136. The molecule has 28 heavy (non-hydrogen) atoms. The van der Waals surface area contributed by atoms with Gasteiger partial charge in [0.15, 0.2) is 0 Å². The van der Waals surface area contributed by atoms with Crippen LogP contribution in [0.5, 0.6) is 0 Å². The van der Waals surface area contributed by atoms with E-state index in [2.05, 4.69) is 58.8 Å². The zero-order valence-electron chi connectivity index (χ0n) is 16.9. The van der Waals surface area contributed by atoms with Crippen LogP contribution in [0.15, 0.2) is 30.3 Å². The van der Waals surface area contributed by atoms with E-state index >= 15 is 0 Å². The molecule has 1 spiro atoms. The maximum atomic E-state index is 13.0. The van der Waals surface area contributed by atoms with Crippen molar-refractivity contribution in [2.45, 2.75) is 44.9 Å². The predicted molar refractivity (Wildman–Crippen MR) is 113 cm³/mol. The first kappa shape index (κ1) is 19.5. The van der Waals surface area contributed by atoms with Gasteiger partial charge in [-0.2, -0.15) is 0 Å². The first-order valence-corrected chi connectivity index (χ1v) is 11.2. The normalized spacial score (nSPS) is 22.5. The summed E-state index contributed by atoms with van der Waals surface area (Å²) < 4.78 is 4.03. The fourth-order valence-electron chi connectivity index (χ4n) is 5.08. The molecule has 2 aliphatic heterocycles.